The molecule has 1 aromatic carbocycles. The van der Waals surface area contributed by atoms with Gasteiger partial charge in [-0.15, -0.1) is 11.3 Å². The van der Waals surface area contributed by atoms with Crippen LogP contribution in [-0.4, -0.2) is 26.2 Å². The quantitative estimate of drug-likeness (QED) is 0.921. The second-order valence-corrected chi connectivity index (χ2v) is 7.19. The van der Waals surface area contributed by atoms with Gasteiger partial charge >= 0.3 is 0 Å². The number of hydrogen-bond donors (Lipinski definition) is 1. The van der Waals surface area contributed by atoms with Crippen molar-refractivity contribution < 1.29 is 13.5 Å². The molecule has 0 aliphatic carbocycles. The van der Waals surface area contributed by atoms with Crippen molar-refractivity contribution in [3.8, 4) is 0 Å². The Morgan fingerprint density at radius 3 is 2.42 bits per heavy atom. The maximum Gasteiger partial charge on any atom is 0.273 e. The van der Waals surface area contributed by atoms with E-state index in [0.29, 0.717) is 5.69 Å². The normalized spacial score (nSPS) is 13.2. The first-order valence-electron chi connectivity index (χ1n) is 5.81. The number of anilines is 1. The molecule has 0 fully saturated rings. The number of thiophene rings is 1. The van der Waals surface area contributed by atoms with Crippen molar-refractivity contribution in [3.63, 3.8) is 0 Å². The maximum atomic E-state index is 12.6. The van der Waals surface area contributed by atoms with Crippen LogP contribution in [0.5, 0.6) is 0 Å². The summed E-state index contributed by atoms with van der Waals surface area (Å²) >= 11 is 1.17. The van der Waals surface area contributed by atoms with Crippen LogP contribution < -0.4 is 4.31 Å². The number of aliphatic hydroxyl groups is 1. The lowest BCUT2D eigenvalue weighted by Gasteiger charge is -2.24. The van der Waals surface area contributed by atoms with Crippen molar-refractivity contribution in [2.75, 3.05) is 10.8 Å². The van der Waals surface area contributed by atoms with Gasteiger partial charge in [0.1, 0.15) is 4.21 Å². The van der Waals surface area contributed by atoms with Gasteiger partial charge in [-0.25, -0.2) is 8.42 Å². The first kappa shape index (κ1) is 14.0. The highest BCUT2D eigenvalue weighted by molar-refractivity contribution is 7.94. The molecule has 102 valence electrons. The molecule has 0 bridgehead atoms. The Bertz CT molecular complexity index is 607. The van der Waals surface area contributed by atoms with Gasteiger partial charge in [0.15, 0.2) is 0 Å². The molecule has 6 heteroatoms. The molecule has 2 rings (SSSR count). The third kappa shape index (κ3) is 3.15. The van der Waals surface area contributed by atoms with Crippen molar-refractivity contribution in [1.29, 1.82) is 0 Å². The summed E-state index contributed by atoms with van der Waals surface area (Å²) in [4.78, 5) is 0. The lowest BCUT2D eigenvalue weighted by Crippen LogP contribution is -2.36. The Morgan fingerprint density at radius 1 is 1.21 bits per heavy atom. The number of para-hydroxylation sites is 1. The van der Waals surface area contributed by atoms with Gasteiger partial charge in [-0.2, -0.15) is 0 Å². The molecular weight excluding hydrogens is 282 g/mol. The van der Waals surface area contributed by atoms with E-state index < -0.39 is 16.1 Å². The van der Waals surface area contributed by atoms with E-state index in [4.69, 9.17) is 0 Å². The van der Waals surface area contributed by atoms with Crippen molar-refractivity contribution >= 4 is 27.0 Å². The van der Waals surface area contributed by atoms with Crippen LogP contribution in [0.1, 0.15) is 6.92 Å². The molecule has 1 N–H and O–H groups in total. The van der Waals surface area contributed by atoms with E-state index in [1.807, 2.05) is 6.07 Å². The second kappa shape index (κ2) is 5.73. The van der Waals surface area contributed by atoms with Crippen LogP contribution in [0.25, 0.3) is 0 Å². The predicted molar refractivity (Wildman–Crippen MR) is 77.0 cm³/mol. The van der Waals surface area contributed by atoms with Crippen molar-refractivity contribution in [3.05, 3.63) is 47.8 Å². The Balaban J connectivity index is 2.44. The Morgan fingerprint density at radius 2 is 1.89 bits per heavy atom. The van der Waals surface area contributed by atoms with Crippen molar-refractivity contribution in [2.45, 2.75) is 17.2 Å². The largest absolute Gasteiger partial charge is 0.392 e. The fraction of sp³-hybridized carbons (Fsp3) is 0.231. The second-order valence-electron chi connectivity index (χ2n) is 4.15. The molecule has 0 spiro atoms. The summed E-state index contributed by atoms with van der Waals surface area (Å²) in [5.74, 6) is 0. The number of benzene rings is 1. The fourth-order valence-electron chi connectivity index (χ4n) is 1.70. The van der Waals surface area contributed by atoms with Crippen LogP contribution in [0.4, 0.5) is 5.69 Å². The van der Waals surface area contributed by atoms with E-state index in [0.717, 1.165) is 0 Å². The predicted octanol–water partition coefficient (Wildman–Crippen LogP) is 2.32. The first-order chi connectivity index (χ1) is 9.01. The molecule has 0 saturated carbocycles. The lowest BCUT2D eigenvalue weighted by molar-refractivity contribution is 0.204. The van der Waals surface area contributed by atoms with E-state index in [1.165, 1.54) is 15.6 Å². The number of sulfonamides is 1. The molecule has 1 atom stereocenters. The summed E-state index contributed by atoms with van der Waals surface area (Å²) in [5, 5.41) is 11.3. The molecule has 0 amide bonds. The highest BCUT2D eigenvalue weighted by atomic mass is 32.2. The smallest absolute Gasteiger partial charge is 0.273 e. The molecule has 19 heavy (non-hydrogen) atoms. The summed E-state index contributed by atoms with van der Waals surface area (Å²) in [7, 11) is -3.61. The SMILES string of the molecule is C[C@@H](O)CN(c1ccccc1)S(=O)(=O)c1cccs1. The van der Waals surface area contributed by atoms with Crippen LogP contribution in [0.2, 0.25) is 0 Å². The number of aliphatic hydroxyl groups excluding tert-OH is 1. The number of hydrogen-bond acceptors (Lipinski definition) is 4. The molecule has 0 radical (unpaired) electrons. The fourth-order valence-corrected chi connectivity index (χ4v) is 4.35. The van der Waals surface area contributed by atoms with Crippen molar-refractivity contribution in [2.24, 2.45) is 0 Å². The minimum Gasteiger partial charge on any atom is -0.392 e. The molecule has 0 aliphatic rings. The lowest BCUT2D eigenvalue weighted by atomic mass is 10.3. The molecule has 1 heterocycles. The Labute approximate surface area is 117 Å². The zero-order chi connectivity index (χ0) is 13.9. The number of nitrogens with zero attached hydrogens (tertiary/aromatic N) is 1. The van der Waals surface area contributed by atoms with Gasteiger partial charge in [-0.05, 0) is 30.5 Å². The van der Waals surface area contributed by atoms with E-state index in [9.17, 15) is 13.5 Å². The van der Waals surface area contributed by atoms with Gasteiger partial charge in [0.05, 0.1) is 18.3 Å². The van der Waals surface area contributed by atoms with E-state index in [1.54, 1.807) is 48.7 Å². The van der Waals surface area contributed by atoms with Crippen LogP contribution in [0, 0.1) is 0 Å². The number of rotatable bonds is 5. The minimum atomic E-state index is -3.61. The summed E-state index contributed by atoms with van der Waals surface area (Å²) in [6.45, 7) is 1.60. The third-order valence-corrected chi connectivity index (χ3v) is 5.68. The van der Waals surface area contributed by atoms with Gasteiger partial charge in [0.25, 0.3) is 10.0 Å². The maximum absolute atomic E-state index is 12.6. The molecule has 0 aliphatic heterocycles. The molecule has 0 saturated heterocycles. The molecule has 4 nitrogen and oxygen atoms in total. The summed E-state index contributed by atoms with van der Waals surface area (Å²) in [6.07, 6.45) is -0.741. The standard InChI is InChI=1S/C13H15NO3S2/c1-11(15)10-14(12-6-3-2-4-7-12)19(16,17)13-8-5-9-18-13/h2-9,11,15H,10H2,1H3/t11-/m1/s1. The van der Waals surface area contributed by atoms with Gasteiger partial charge < -0.3 is 5.11 Å². The van der Waals surface area contributed by atoms with E-state index >= 15 is 0 Å². The van der Waals surface area contributed by atoms with Crippen LogP contribution in [0.3, 0.4) is 0 Å². The summed E-state index contributed by atoms with van der Waals surface area (Å²) in [5.41, 5.74) is 0.553. The van der Waals surface area contributed by atoms with Crippen LogP contribution in [0.15, 0.2) is 52.1 Å². The van der Waals surface area contributed by atoms with E-state index in [2.05, 4.69) is 0 Å². The molecule has 1 aromatic heterocycles. The highest BCUT2D eigenvalue weighted by Gasteiger charge is 2.26. The summed E-state index contributed by atoms with van der Waals surface area (Å²) in [6, 6.07) is 12.1. The van der Waals surface area contributed by atoms with Gasteiger partial charge in [-0.1, -0.05) is 24.3 Å². The zero-order valence-electron chi connectivity index (χ0n) is 10.4. The Hall–Kier alpha value is -1.37. The third-order valence-electron chi connectivity index (χ3n) is 2.51. The highest BCUT2D eigenvalue weighted by Crippen LogP contribution is 2.26. The van der Waals surface area contributed by atoms with Crippen molar-refractivity contribution in [1.82, 2.24) is 0 Å². The molecule has 2 aromatic rings. The minimum absolute atomic E-state index is 0.0320. The monoisotopic (exact) mass is 297 g/mol. The Kier molecular flexibility index (Phi) is 4.24. The van der Waals surface area contributed by atoms with Gasteiger partial charge in [-0.3, -0.25) is 4.31 Å². The first-order valence-corrected chi connectivity index (χ1v) is 8.13. The van der Waals surface area contributed by atoms with Crippen LogP contribution >= 0.6 is 11.3 Å². The van der Waals surface area contributed by atoms with Crippen LogP contribution in [-0.2, 0) is 10.0 Å². The average molecular weight is 297 g/mol. The molecule has 0 unspecified atom stereocenters. The summed E-state index contributed by atoms with van der Waals surface area (Å²) < 4.78 is 26.6. The molecular formula is C13H15NO3S2. The topological polar surface area (TPSA) is 57.6 Å². The average Bonchev–Trinajstić information content (AvgIpc) is 2.91. The van der Waals surface area contributed by atoms with Gasteiger partial charge in [0.2, 0.25) is 0 Å². The zero-order valence-corrected chi connectivity index (χ0v) is 12.1. The van der Waals surface area contributed by atoms with Gasteiger partial charge in [0, 0.05) is 0 Å². The van der Waals surface area contributed by atoms with E-state index in [-0.39, 0.29) is 10.8 Å².